The monoisotopic (exact) mass is 403 g/mol. The summed E-state index contributed by atoms with van der Waals surface area (Å²) in [6, 6.07) is 16.5. The van der Waals surface area contributed by atoms with Crippen LogP contribution in [-0.2, 0) is 20.6 Å². The van der Waals surface area contributed by atoms with Crippen LogP contribution in [0.1, 0.15) is 5.56 Å². The number of hydrogen-bond donors (Lipinski definition) is 1. The van der Waals surface area contributed by atoms with Gasteiger partial charge in [0.05, 0.1) is 19.4 Å². The van der Waals surface area contributed by atoms with Crippen LogP contribution in [0.15, 0.2) is 54.6 Å². The van der Waals surface area contributed by atoms with Crippen LogP contribution in [-0.4, -0.2) is 63.4 Å². The Labute approximate surface area is 166 Å². The van der Waals surface area contributed by atoms with E-state index in [1.165, 1.54) is 4.31 Å². The SMILES string of the molecule is COc1cccc(NCC(=O)N2CCN(S(=O)(=O)Cc3ccccc3)CC2)c1. The molecule has 0 unspecified atom stereocenters. The van der Waals surface area contributed by atoms with E-state index < -0.39 is 10.0 Å². The Morgan fingerprint density at radius 2 is 1.75 bits per heavy atom. The highest BCUT2D eigenvalue weighted by Crippen LogP contribution is 2.17. The lowest BCUT2D eigenvalue weighted by atomic mass is 10.2. The Balaban J connectivity index is 1.49. The Kier molecular flexibility index (Phi) is 6.53. The first-order valence-electron chi connectivity index (χ1n) is 9.15. The van der Waals surface area contributed by atoms with E-state index in [4.69, 9.17) is 4.74 Å². The zero-order valence-corrected chi connectivity index (χ0v) is 16.7. The van der Waals surface area contributed by atoms with Crippen LogP contribution in [0.4, 0.5) is 5.69 Å². The molecular formula is C20H25N3O4S. The Bertz CT molecular complexity index is 895. The van der Waals surface area contributed by atoms with Crippen LogP contribution in [0.25, 0.3) is 0 Å². The number of carbonyl (C=O) groups excluding carboxylic acids is 1. The molecule has 1 aliphatic rings. The van der Waals surface area contributed by atoms with Crippen LogP contribution >= 0.6 is 0 Å². The Hall–Kier alpha value is -2.58. The highest BCUT2D eigenvalue weighted by Gasteiger charge is 2.28. The lowest BCUT2D eigenvalue weighted by Crippen LogP contribution is -2.51. The Morgan fingerprint density at radius 3 is 2.43 bits per heavy atom. The van der Waals surface area contributed by atoms with E-state index in [1.54, 1.807) is 12.0 Å². The molecule has 1 amide bonds. The topological polar surface area (TPSA) is 79.0 Å². The van der Waals surface area contributed by atoms with Gasteiger partial charge < -0.3 is 15.0 Å². The van der Waals surface area contributed by atoms with Gasteiger partial charge in [-0.1, -0.05) is 36.4 Å². The van der Waals surface area contributed by atoms with Crippen molar-refractivity contribution >= 4 is 21.6 Å². The second kappa shape index (κ2) is 9.07. The molecule has 8 heteroatoms. The molecule has 0 saturated carbocycles. The van der Waals surface area contributed by atoms with Crippen LogP contribution in [0, 0.1) is 0 Å². The fraction of sp³-hybridized carbons (Fsp3) is 0.350. The Morgan fingerprint density at radius 1 is 1.04 bits per heavy atom. The van der Waals surface area contributed by atoms with Crippen molar-refractivity contribution in [1.29, 1.82) is 0 Å². The number of hydrogen-bond acceptors (Lipinski definition) is 5. The third kappa shape index (κ3) is 5.24. The number of methoxy groups -OCH3 is 1. The number of benzene rings is 2. The minimum absolute atomic E-state index is 0.0147. The summed E-state index contributed by atoms with van der Waals surface area (Å²) in [7, 11) is -1.79. The highest BCUT2D eigenvalue weighted by atomic mass is 32.2. The molecule has 1 saturated heterocycles. The van der Waals surface area contributed by atoms with Gasteiger partial charge in [0.25, 0.3) is 0 Å². The number of sulfonamides is 1. The summed E-state index contributed by atoms with van der Waals surface area (Å²) in [5.74, 6) is 0.650. The number of piperazine rings is 1. The summed E-state index contributed by atoms with van der Waals surface area (Å²) in [6.45, 7) is 1.59. The lowest BCUT2D eigenvalue weighted by Gasteiger charge is -2.34. The molecule has 150 valence electrons. The second-order valence-electron chi connectivity index (χ2n) is 6.61. The van der Waals surface area contributed by atoms with Gasteiger partial charge in [-0.05, 0) is 17.7 Å². The van der Waals surface area contributed by atoms with E-state index in [9.17, 15) is 13.2 Å². The molecule has 1 fully saturated rings. The van der Waals surface area contributed by atoms with Crippen molar-refractivity contribution in [3.8, 4) is 5.75 Å². The minimum atomic E-state index is -3.38. The zero-order chi connectivity index (χ0) is 20.0. The number of nitrogens with one attached hydrogen (secondary N) is 1. The van der Waals surface area contributed by atoms with Crippen LogP contribution in [0.2, 0.25) is 0 Å². The van der Waals surface area contributed by atoms with E-state index >= 15 is 0 Å². The molecule has 2 aromatic carbocycles. The predicted octanol–water partition coefficient (Wildman–Crippen LogP) is 1.78. The van der Waals surface area contributed by atoms with Gasteiger partial charge in [0.2, 0.25) is 15.9 Å². The van der Waals surface area contributed by atoms with Crippen LogP contribution in [0.3, 0.4) is 0 Å². The van der Waals surface area contributed by atoms with Gasteiger partial charge in [0.15, 0.2) is 0 Å². The largest absolute Gasteiger partial charge is 0.497 e. The van der Waals surface area contributed by atoms with Gasteiger partial charge in [-0.15, -0.1) is 0 Å². The van der Waals surface area contributed by atoms with Crippen molar-refractivity contribution in [2.75, 3.05) is 45.2 Å². The summed E-state index contributed by atoms with van der Waals surface area (Å²) < 4.78 is 31.8. The first-order valence-corrected chi connectivity index (χ1v) is 10.8. The first-order chi connectivity index (χ1) is 13.5. The molecule has 3 rings (SSSR count). The molecule has 0 aromatic heterocycles. The molecule has 28 heavy (non-hydrogen) atoms. The summed E-state index contributed by atoms with van der Waals surface area (Å²) in [5, 5.41) is 3.09. The molecule has 0 aliphatic carbocycles. The average Bonchev–Trinajstić information content (AvgIpc) is 2.72. The summed E-state index contributed by atoms with van der Waals surface area (Å²) in [6.07, 6.45) is 0. The van der Waals surface area contributed by atoms with Gasteiger partial charge in [0, 0.05) is 37.9 Å². The number of anilines is 1. The maximum atomic E-state index is 12.6. The van der Waals surface area contributed by atoms with Gasteiger partial charge in [-0.2, -0.15) is 4.31 Å². The second-order valence-corrected chi connectivity index (χ2v) is 8.58. The molecule has 1 heterocycles. The van der Waals surface area contributed by atoms with Crippen molar-refractivity contribution in [1.82, 2.24) is 9.21 Å². The molecule has 7 nitrogen and oxygen atoms in total. The third-order valence-electron chi connectivity index (χ3n) is 4.69. The summed E-state index contributed by atoms with van der Waals surface area (Å²) in [4.78, 5) is 14.1. The van der Waals surface area contributed by atoms with Crippen LogP contribution < -0.4 is 10.1 Å². The number of ether oxygens (including phenoxy) is 1. The predicted molar refractivity (Wildman–Crippen MR) is 109 cm³/mol. The van der Waals surface area contributed by atoms with E-state index in [-0.39, 0.29) is 18.2 Å². The normalized spacial score (nSPS) is 15.2. The molecule has 0 atom stereocenters. The first kappa shape index (κ1) is 20.2. The number of nitrogens with zero attached hydrogens (tertiary/aromatic N) is 2. The maximum absolute atomic E-state index is 12.6. The van der Waals surface area contributed by atoms with Crippen molar-refractivity contribution in [3.05, 3.63) is 60.2 Å². The molecule has 0 spiro atoms. The minimum Gasteiger partial charge on any atom is -0.497 e. The van der Waals surface area contributed by atoms with Gasteiger partial charge in [-0.3, -0.25) is 4.79 Å². The summed E-state index contributed by atoms with van der Waals surface area (Å²) in [5.41, 5.74) is 1.57. The fourth-order valence-corrected chi connectivity index (χ4v) is 4.63. The van der Waals surface area contributed by atoms with E-state index in [0.29, 0.717) is 26.2 Å². The molecule has 0 radical (unpaired) electrons. The fourth-order valence-electron chi connectivity index (χ4n) is 3.11. The third-order valence-corrected chi connectivity index (χ3v) is 6.54. The number of carbonyl (C=O) groups is 1. The molecular weight excluding hydrogens is 378 g/mol. The highest BCUT2D eigenvalue weighted by molar-refractivity contribution is 7.88. The summed E-state index contributed by atoms with van der Waals surface area (Å²) >= 11 is 0. The van der Waals surface area contributed by atoms with E-state index in [1.807, 2.05) is 54.6 Å². The van der Waals surface area contributed by atoms with Crippen molar-refractivity contribution in [2.24, 2.45) is 0 Å². The lowest BCUT2D eigenvalue weighted by molar-refractivity contribution is -0.130. The van der Waals surface area contributed by atoms with Crippen molar-refractivity contribution < 1.29 is 17.9 Å². The molecule has 0 bridgehead atoms. The van der Waals surface area contributed by atoms with Crippen LogP contribution in [0.5, 0.6) is 5.75 Å². The maximum Gasteiger partial charge on any atom is 0.241 e. The molecule has 2 aromatic rings. The van der Waals surface area contributed by atoms with Gasteiger partial charge in [0.1, 0.15) is 5.75 Å². The van der Waals surface area contributed by atoms with E-state index in [0.717, 1.165) is 17.0 Å². The van der Waals surface area contributed by atoms with Crippen molar-refractivity contribution in [2.45, 2.75) is 5.75 Å². The number of rotatable bonds is 7. The zero-order valence-electron chi connectivity index (χ0n) is 15.9. The van der Waals surface area contributed by atoms with Gasteiger partial charge >= 0.3 is 0 Å². The standard InChI is InChI=1S/C20H25N3O4S/c1-27-19-9-5-8-18(14-19)21-15-20(24)22-10-12-23(13-11-22)28(25,26)16-17-6-3-2-4-7-17/h2-9,14,21H,10-13,15-16H2,1H3. The van der Waals surface area contributed by atoms with Crippen molar-refractivity contribution in [3.63, 3.8) is 0 Å². The van der Waals surface area contributed by atoms with Gasteiger partial charge in [-0.25, -0.2) is 8.42 Å². The quantitative estimate of drug-likeness (QED) is 0.762. The molecule has 1 aliphatic heterocycles. The average molecular weight is 404 g/mol. The number of amides is 1. The van der Waals surface area contributed by atoms with E-state index in [2.05, 4.69) is 5.32 Å². The molecule has 1 N–H and O–H groups in total. The smallest absolute Gasteiger partial charge is 0.241 e.